The number of cyclic esters (lactones) is 1. The SMILES string of the molecule is CC(C)c1ccc([C@](O)(c2cncc(N3CCOC3=O)c2)C2(C)CN(C)C2)cc1.O=C(O)CCC1CCOCC1. The minimum atomic E-state index is -1.22. The lowest BCUT2D eigenvalue weighted by molar-refractivity contribution is -0.137. The first-order valence-corrected chi connectivity index (χ1v) is 14.2. The molecule has 0 unspecified atom stereocenters. The lowest BCUT2D eigenvalue weighted by atomic mass is 9.62. The van der Waals surface area contributed by atoms with Crippen molar-refractivity contribution in [1.82, 2.24) is 9.88 Å². The Kier molecular flexibility index (Phi) is 9.48. The van der Waals surface area contributed by atoms with Crippen molar-refractivity contribution < 1.29 is 29.3 Å². The van der Waals surface area contributed by atoms with Gasteiger partial charge in [0.1, 0.15) is 12.2 Å². The Labute approximate surface area is 237 Å². The molecule has 218 valence electrons. The fourth-order valence-corrected chi connectivity index (χ4v) is 6.11. The van der Waals surface area contributed by atoms with Crippen LogP contribution in [0.4, 0.5) is 10.5 Å². The number of rotatable bonds is 8. The van der Waals surface area contributed by atoms with E-state index in [0.717, 1.165) is 51.1 Å². The lowest BCUT2D eigenvalue weighted by Gasteiger charge is -2.56. The van der Waals surface area contributed by atoms with Crippen molar-refractivity contribution in [3.63, 3.8) is 0 Å². The number of aromatic nitrogens is 1. The summed E-state index contributed by atoms with van der Waals surface area (Å²) in [6.45, 7) is 10.4. The first kappa shape index (κ1) is 30.0. The molecule has 3 saturated heterocycles. The fraction of sp³-hybridized carbons (Fsp3) is 0.581. The number of carbonyl (C=O) groups is 2. The van der Waals surface area contributed by atoms with E-state index in [4.69, 9.17) is 14.6 Å². The van der Waals surface area contributed by atoms with Crippen molar-refractivity contribution >= 4 is 17.7 Å². The van der Waals surface area contributed by atoms with Crippen LogP contribution >= 0.6 is 0 Å². The molecule has 40 heavy (non-hydrogen) atoms. The maximum absolute atomic E-state index is 12.2. The maximum atomic E-state index is 12.2. The van der Waals surface area contributed by atoms with Crippen molar-refractivity contribution in [3.8, 4) is 0 Å². The van der Waals surface area contributed by atoms with Crippen molar-refractivity contribution in [2.24, 2.45) is 11.3 Å². The number of likely N-dealkylation sites (tertiary alicyclic amines) is 1. The predicted molar refractivity (Wildman–Crippen MR) is 152 cm³/mol. The minimum Gasteiger partial charge on any atom is -0.481 e. The third kappa shape index (κ3) is 6.48. The van der Waals surface area contributed by atoms with Crippen LogP contribution in [0.5, 0.6) is 0 Å². The van der Waals surface area contributed by atoms with E-state index in [0.29, 0.717) is 42.7 Å². The van der Waals surface area contributed by atoms with Gasteiger partial charge in [0.2, 0.25) is 0 Å². The van der Waals surface area contributed by atoms with Gasteiger partial charge in [0.15, 0.2) is 0 Å². The summed E-state index contributed by atoms with van der Waals surface area (Å²) < 4.78 is 10.2. The highest BCUT2D eigenvalue weighted by Gasteiger charge is 2.55. The largest absolute Gasteiger partial charge is 0.481 e. The first-order chi connectivity index (χ1) is 19.0. The summed E-state index contributed by atoms with van der Waals surface area (Å²) in [6.07, 6.45) is 6.19. The highest BCUT2D eigenvalue weighted by Crippen LogP contribution is 2.50. The monoisotopic (exact) mass is 553 g/mol. The van der Waals surface area contributed by atoms with E-state index in [1.807, 2.05) is 18.2 Å². The molecule has 5 rings (SSSR count). The van der Waals surface area contributed by atoms with Crippen molar-refractivity contribution in [1.29, 1.82) is 0 Å². The molecule has 1 aromatic heterocycles. The Morgan fingerprint density at radius 3 is 2.35 bits per heavy atom. The summed E-state index contributed by atoms with van der Waals surface area (Å²) >= 11 is 0. The van der Waals surface area contributed by atoms with Gasteiger partial charge in [-0.1, -0.05) is 45.0 Å². The Morgan fingerprint density at radius 1 is 1.12 bits per heavy atom. The molecular formula is C31H43N3O6. The number of amides is 1. The number of hydrogen-bond donors (Lipinski definition) is 2. The number of anilines is 1. The molecule has 4 heterocycles. The molecule has 3 aliphatic rings. The molecule has 0 radical (unpaired) electrons. The van der Waals surface area contributed by atoms with Crippen LogP contribution in [-0.4, -0.2) is 78.7 Å². The molecule has 1 atom stereocenters. The average molecular weight is 554 g/mol. The molecule has 0 saturated carbocycles. The predicted octanol–water partition coefficient (Wildman–Crippen LogP) is 4.63. The van der Waals surface area contributed by atoms with Crippen LogP contribution in [0.15, 0.2) is 42.7 Å². The molecule has 0 aliphatic carbocycles. The zero-order chi connectivity index (χ0) is 28.9. The normalized spacial score (nSPS) is 20.8. The van der Waals surface area contributed by atoms with Crippen LogP contribution < -0.4 is 4.90 Å². The van der Waals surface area contributed by atoms with Crippen molar-refractivity contribution in [2.45, 2.75) is 58.0 Å². The summed E-state index contributed by atoms with van der Waals surface area (Å²) in [5.41, 5.74) is 1.84. The lowest BCUT2D eigenvalue weighted by Crippen LogP contribution is -2.63. The van der Waals surface area contributed by atoms with E-state index < -0.39 is 11.6 Å². The van der Waals surface area contributed by atoms with Gasteiger partial charge in [-0.15, -0.1) is 0 Å². The number of carbonyl (C=O) groups excluding carboxylic acids is 1. The molecule has 1 amide bonds. The topological polar surface area (TPSA) is 112 Å². The first-order valence-electron chi connectivity index (χ1n) is 14.2. The van der Waals surface area contributed by atoms with Crippen LogP contribution in [-0.2, 0) is 19.9 Å². The van der Waals surface area contributed by atoms with Gasteiger partial charge in [-0.2, -0.15) is 0 Å². The van der Waals surface area contributed by atoms with Gasteiger partial charge in [-0.3, -0.25) is 14.7 Å². The smallest absolute Gasteiger partial charge is 0.414 e. The molecule has 2 aromatic rings. The highest BCUT2D eigenvalue weighted by molar-refractivity contribution is 5.89. The van der Waals surface area contributed by atoms with Crippen LogP contribution in [0.25, 0.3) is 0 Å². The standard InChI is InChI=1S/C23H29N3O3.C8H14O3/c1-16(2)17-5-7-18(8-6-17)23(28,22(3)14-25(4)15-22)19-11-20(13-24-12-19)26-9-10-29-21(26)27;9-8(10)2-1-7-3-5-11-6-4-7/h5-8,11-13,16,28H,9-10,14-15H2,1-4H3;7H,1-6H2,(H,9,10)/t23-;/m0./s1. The molecule has 9 heteroatoms. The average Bonchev–Trinajstić information content (AvgIpc) is 3.37. The number of benzene rings is 1. The minimum absolute atomic E-state index is 0.310. The van der Waals surface area contributed by atoms with E-state index in [-0.39, 0.29) is 11.5 Å². The molecular weight excluding hydrogens is 510 g/mol. The molecule has 3 aliphatic heterocycles. The third-order valence-electron chi connectivity index (χ3n) is 8.43. The Bertz CT molecular complexity index is 1160. The number of nitrogens with zero attached hydrogens (tertiary/aromatic N) is 3. The Morgan fingerprint density at radius 2 is 1.80 bits per heavy atom. The maximum Gasteiger partial charge on any atom is 0.414 e. The van der Waals surface area contributed by atoms with Gasteiger partial charge < -0.3 is 24.6 Å². The Balaban J connectivity index is 0.000000283. The zero-order valence-electron chi connectivity index (χ0n) is 24.1. The van der Waals surface area contributed by atoms with Gasteiger partial charge in [0.25, 0.3) is 0 Å². The number of aliphatic carboxylic acids is 1. The number of ether oxygens (including phenoxy) is 2. The van der Waals surface area contributed by atoms with Crippen molar-refractivity contribution in [3.05, 3.63) is 59.4 Å². The fourth-order valence-electron chi connectivity index (χ4n) is 6.11. The van der Waals surface area contributed by atoms with Gasteiger partial charge in [0, 0.05) is 49.9 Å². The quantitative estimate of drug-likeness (QED) is 0.487. The zero-order valence-corrected chi connectivity index (χ0v) is 24.1. The number of carboxylic acids is 1. The second-order valence-electron chi connectivity index (χ2n) is 11.9. The van der Waals surface area contributed by atoms with Gasteiger partial charge in [0.05, 0.1) is 18.4 Å². The third-order valence-corrected chi connectivity index (χ3v) is 8.43. The number of hydrogen-bond acceptors (Lipinski definition) is 7. The molecule has 3 fully saturated rings. The molecule has 1 aromatic carbocycles. The Hall–Kier alpha value is -3.01. The molecule has 0 spiro atoms. The van der Waals surface area contributed by atoms with Crippen LogP contribution in [0.3, 0.4) is 0 Å². The molecule has 9 nitrogen and oxygen atoms in total. The van der Waals surface area contributed by atoms with E-state index in [1.165, 1.54) is 5.56 Å². The second-order valence-corrected chi connectivity index (χ2v) is 11.9. The van der Waals surface area contributed by atoms with Gasteiger partial charge in [-0.05, 0) is 55.3 Å². The van der Waals surface area contributed by atoms with Gasteiger partial charge in [-0.25, -0.2) is 4.79 Å². The highest BCUT2D eigenvalue weighted by atomic mass is 16.6. The van der Waals surface area contributed by atoms with Crippen LogP contribution in [0.2, 0.25) is 0 Å². The molecule has 0 bridgehead atoms. The van der Waals surface area contributed by atoms with Crippen LogP contribution in [0, 0.1) is 11.3 Å². The summed E-state index contributed by atoms with van der Waals surface area (Å²) in [6, 6.07) is 10.1. The summed E-state index contributed by atoms with van der Waals surface area (Å²) in [7, 11) is 2.05. The van der Waals surface area contributed by atoms with Crippen LogP contribution in [0.1, 0.15) is 69.1 Å². The number of aliphatic hydroxyl groups is 1. The van der Waals surface area contributed by atoms with E-state index >= 15 is 0 Å². The second kappa shape index (κ2) is 12.7. The van der Waals surface area contributed by atoms with E-state index in [2.05, 4.69) is 49.8 Å². The van der Waals surface area contributed by atoms with E-state index in [9.17, 15) is 14.7 Å². The van der Waals surface area contributed by atoms with E-state index in [1.54, 1.807) is 17.3 Å². The van der Waals surface area contributed by atoms with Gasteiger partial charge >= 0.3 is 12.1 Å². The number of carboxylic acid groups (broad SMARTS) is 1. The summed E-state index contributed by atoms with van der Waals surface area (Å²) in [4.78, 5) is 30.4. The molecule has 2 N–H and O–H groups in total. The van der Waals surface area contributed by atoms with Crippen molar-refractivity contribution in [2.75, 3.05) is 51.4 Å². The summed E-state index contributed by atoms with van der Waals surface area (Å²) in [5.74, 6) is 0.324. The summed E-state index contributed by atoms with van der Waals surface area (Å²) in [5, 5.41) is 20.6. The number of pyridine rings is 1.